The number of piperidine rings is 1. The van der Waals surface area contributed by atoms with E-state index in [1.807, 2.05) is 6.07 Å². The second-order valence-electron chi connectivity index (χ2n) is 5.44. The molecule has 1 heterocycles. The van der Waals surface area contributed by atoms with Gasteiger partial charge in [0.2, 0.25) is 5.91 Å². The molecule has 0 radical (unpaired) electrons. The van der Waals surface area contributed by atoms with Crippen LogP contribution in [0.5, 0.6) is 0 Å². The van der Waals surface area contributed by atoms with Crippen molar-refractivity contribution >= 4 is 5.91 Å². The van der Waals surface area contributed by atoms with Crippen molar-refractivity contribution < 1.29 is 9.90 Å². The van der Waals surface area contributed by atoms with Crippen LogP contribution in [-0.2, 0) is 11.2 Å². The van der Waals surface area contributed by atoms with Crippen LogP contribution in [-0.4, -0.2) is 36.8 Å². The van der Waals surface area contributed by atoms with E-state index >= 15 is 0 Å². The highest BCUT2D eigenvalue weighted by Crippen LogP contribution is 2.19. The first-order chi connectivity index (χ1) is 9.79. The standard InChI is InChI=1S/C16H24N2O2/c19-11-10-17-16(20)15-9-8-14(12-18-15)7-6-13-4-2-1-3-5-13/h1-5,14-15,18-19H,6-12H2,(H,17,20). The molecule has 2 unspecified atom stereocenters. The van der Waals surface area contributed by atoms with Crippen LogP contribution in [0.1, 0.15) is 24.8 Å². The third kappa shape index (κ3) is 4.62. The average Bonchev–Trinajstić information content (AvgIpc) is 2.52. The Morgan fingerprint density at radius 2 is 2.10 bits per heavy atom. The Bertz CT molecular complexity index is 400. The van der Waals surface area contributed by atoms with Crippen molar-refractivity contribution in [1.82, 2.24) is 10.6 Å². The molecule has 1 aromatic rings. The van der Waals surface area contributed by atoms with E-state index < -0.39 is 0 Å². The molecule has 20 heavy (non-hydrogen) atoms. The number of benzene rings is 1. The number of rotatable bonds is 6. The summed E-state index contributed by atoms with van der Waals surface area (Å²) in [5.41, 5.74) is 1.38. The summed E-state index contributed by atoms with van der Waals surface area (Å²) in [6.07, 6.45) is 4.25. The van der Waals surface area contributed by atoms with Gasteiger partial charge in [-0.3, -0.25) is 4.79 Å². The Kier molecular flexibility index (Phi) is 6.02. The van der Waals surface area contributed by atoms with Crippen molar-refractivity contribution in [3.05, 3.63) is 35.9 Å². The largest absolute Gasteiger partial charge is 0.395 e. The van der Waals surface area contributed by atoms with Crippen LogP contribution in [0.25, 0.3) is 0 Å². The number of nitrogens with one attached hydrogen (secondary N) is 2. The SMILES string of the molecule is O=C(NCCO)C1CCC(CCc2ccccc2)CN1. The normalized spacial score (nSPS) is 22.4. The zero-order chi connectivity index (χ0) is 14.2. The van der Waals surface area contributed by atoms with E-state index in [0.717, 1.165) is 25.8 Å². The van der Waals surface area contributed by atoms with E-state index in [1.54, 1.807) is 0 Å². The first kappa shape index (κ1) is 15.0. The number of aliphatic hydroxyl groups is 1. The summed E-state index contributed by atoms with van der Waals surface area (Å²) in [5.74, 6) is 0.664. The maximum Gasteiger partial charge on any atom is 0.237 e. The second kappa shape index (κ2) is 8.02. The molecular weight excluding hydrogens is 252 g/mol. The fourth-order valence-corrected chi connectivity index (χ4v) is 2.70. The molecule has 1 saturated heterocycles. The summed E-state index contributed by atoms with van der Waals surface area (Å²) >= 11 is 0. The van der Waals surface area contributed by atoms with Crippen molar-refractivity contribution in [2.24, 2.45) is 5.92 Å². The van der Waals surface area contributed by atoms with Crippen LogP contribution in [0.3, 0.4) is 0 Å². The Morgan fingerprint density at radius 3 is 2.75 bits per heavy atom. The van der Waals surface area contributed by atoms with E-state index in [-0.39, 0.29) is 18.6 Å². The van der Waals surface area contributed by atoms with E-state index in [9.17, 15) is 4.79 Å². The van der Waals surface area contributed by atoms with Crippen LogP contribution in [0.2, 0.25) is 0 Å². The molecule has 4 nitrogen and oxygen atoms in total. The van der Waals surface area contributed by atoms with E-state index in [4.69, 9.17) is 5.11 Å². The number of aliphatic hydroxyl groups excluding tert-OH is 1. The van der Waals surface area contributed by atoms with Gasteiger partial charge < -0.3 is 15.7 Å². The molecule has 0 aliphatic carbocycles. The van der Waals surface area contributed by atoms with Crippen molar-refractivity contribution in [2.45, 2.75) is 31.7 Å². The highest BCUT2D eigenvalue weighted by Gasteiger charge is 2.25. The Balaban J connectivity index is 1.68. The zero-order valence-electron chi connectivity index (χ0n) is 11.8. The highest BCUT2D eigenvalue weighted by atomic mass is 16.3. The fraction of sp³-hybridized carbons (Fsp3) is 0.562. The monoisotopic (exact) mass is 276 g/mol. The van der Waals surface area contributed by atoms with Gasteiger partial charge in [0.05, 0.1) is 12.6 Å². The lowest BCUT2D eigenvalue weighted by molar-refractivity contribution is -0.124. The number of carbonyl (C=O) groups excluding carboxylic acids is 1. The first-order valence-electron chi connectivity index (χ1n) is 7.45. The van der Waals surface area contributed by atoms with Gasteiger partial charge in [-0.2, -0.15) is 0 Å². The topological polar surface area (TPSA) is 61.4 Å². The van der Waals surface area contributed by atoms with Gasteiger partial charge in [0.25, 0.3) is 0 Å². The van der Waals surface area contributed by atoms with Crippen molar-refractivity contribution in [3.8, 4) is 0 Å². The third-order valence-electron chi connectivity index (χ3n) is 3.93. The van der Waals surface area contributed by atoms with Gasteiger partial charge >= 0.3 is 0 Å². The molecule has 1 aliphatic heterocycles. The first-order valence-corrected chi connectivity index (χ1v) is 7.45. The molecule has 1 amide bonds. The summed E-state index contributed by atoms with van der Waals surface area (Å²) in [6, 6.07) is 10.4. The molecule has 4 heteroatoms. The molecule has 1 fully saturated rings. The summed E-state index contributed by atoms with van der Waals surface area (Å²) in [5, 5.41) is 14.7. The van der Waals surface area contributed by atoms with Crippen LogP contribution in [0, 0.1) is 5.92 Å². The molecular formula is C16H24N2O2. The lowest BCUT2D eigenvalue weighted by atomic mass is 9.89. The summed E-state index contributed by atoms with van der Waals surface area (Å²) in [7, 11) is 0. The number of hydrogen-bond donors (Lipinski definition) is 3. The molecule has 0 saturated carbocycles. The summed E-state index contributed by atoms with van der Waals surface area (Å²) in [6.45, 7) is 1.25. The predicted octanol–water partition coefficient (Wildman–Crippen LogP) is 1.10. The zero-order valence-corrected chi connectivity index (χ0v) is 11.8. The average molecular weight is 276 g/mol. The van der Waals surface area contributed by atoms with Crippen molar-refractivity contribution in [2.75, 3.05) is 19.7 Å². The fourth-order valence-electron chi connectivity index (χ4n) is 2.70. The quantitative estimate of drug-likeness (QED) is 0.729. The van der Waals surface area contributed by atoms with Crippen molar-refractivity contribution in [1.29, 1.82) is 0 Å². The van der Waals surface area contributed by atoms with E-state index in [1.165, 1.54) is 12.0 Å². The van der Waals surface area contributed by atoms with Gasteiger partial charge in [-0.25, -0.2) is 0 Å². The van der Waals surface area contributed by atoms with Crippen LogP contribution < -0.4 is 10.6 Å². The lowest BCUT2D eigenvalue weighted by Crippen LogP contribution is -2.49. The van der Waals surface area contributed by atoms with Gasteiger partial charge in [0.15, 0.2) is 0 Å². The molecule has 3 N–H and O–H groups in total. The minimum Gasteiger partial charge on any atom is -0.395 e. The molecule has 1 aliphatic rings. The Labute approximate surface area is 120 Å². The third-order valence-corrected chi connectivity index (χ3v) is 3.93. The summed E-state index contributed by atoms with van der Waals surface area (Å²) in [4.78, 5) is 11.8. The van der Waals surface area contributed by atoms with E-state index in [2.05, 4.69) is 34.9 Å². The molecule has 110 valence electrons. The molecule has 0 bridgehead atoms. The Morgan fingerprint density at radius 1 is 1.30 bits per heavy atom. The van der Waals surface area contributed by atoms with Crippen LogP contribution in [0.4, 0.5) is 0 Å². The van der Waals surface area contributed by atoms with Gasteiger partial charge in [0, 0.05) is 6.54 Å². The number of aryl methyl sites for hydroxylation is 1. The molecule has 0 aromatic heterocycles. The maximum atomic E-state index is 11.8. The van der Waals surface area contributed by atoms with E-state index in [0.29, 0.717) is 12.5 Å². The molecule has 2 rings (SSSR count). The van der Waals surface area contributed by atoms with Crippen LogP contribution >= 0.6 is 0 Å². The summed E-state index contributed by atoms with van der Waals surface area (Å²) < 4.78 is 0. The number of carbonyl (C=O) groups is 1. The number of hydrogen-bond acceptors (Lipinski definition) is 3. The van der Waals surface area contributed by atoms with Crippen molar-refractivity contribution in [3.63, 3.8) is 0 Å². The molecule has 0 spiro atoms. The Hall–Kier alpha value is -1.39. The lowest BCUT2D eigenvalue weighted by Gasteiger charge is -2.29. The molecule has 2 atom stereocenters. The smallest absolute Gasteiger partial charge is 0.237 e. The minimum absolute atomic E-state index is 0.00182. The minimum atomic E-state index is -0.0884. The van der Waals surface area contributed by atoms with Crippen LogP contribution in [0.15, 0.2) is 30.3 Å². The highest BCUT2D eigenvalue weighted by molar-refractivity contribution is 5.81. The van der Waals surface area contributed by atoms with Gasteiger partial charge in [0.1, 0.15) is 0 Å². The second-order valence-corrected chi connectivity index (χ2v) is 5.44. The predicted molar refractivity (Wildman–Crippen MR) is 79.4 cm³/mol. The van der Waals surface area contributed by atoms with Gasteiger partial charge in [-0.1, -0.05) is 30.3 Å². The van der Waals surface area contributed by atoms with Gasteiger partial charge in [-0.05, 0) is 43.7 Å². The van der Waals surface area contributed by atoms with Gasteiger partial charge in [-0.15, -0.1) is 0 Å². The number of amides is 1. The molecule has 1 aromatic carbocycles. The maximum absolute atomic E-state index is 11.8.